The molecule has 1 aliphatic heterocycles. The van der Waals surface area contributed by atoms with Crippen molar-refractivity contribution >= 4 is 17.5 Å². The highest BCUT2D eigenvalue weighted by molar-refractivity contribution is 6.32. The Morgan fingerprint density at radius 2 is 1.93 bits per heavy atom. The molecule has 1 heterocycles. The Kier molecular flexibility index (Phi) is 6.62. The smallest absolute Gasteiger partial charge is 0.254 e. The third-order valence-electron chi connectivity index (χ3n) is 5.16. The molecule has 0 aromatic heterocycles. The zero-order valence-corrected chi connectivity index (χ0v) is 16.4. The van der Waals surface area contributed by atoms with Gasteiger partial charge in [-0.25, -0.2) is 0 Å². The first kappa shape index (κ1) is 19.6. The summed E-state index contributed by atoms with van der Waals surface area (Å²) in [4.78, 5) is 14.7. The van der Waals surface area contributed by atoms with Crippen LogP contribution in [0.25, 0.3) is 0 Å². The summed E-state index contributed by atoms with van der Waals surface area (Å²) in [7, 11) is 0. The average molecular weight is 388 g/mol. The quantitative estimate of drug-likeness (QED) is 0.764. The third kappa shape index (κ3) is 4.95. The van der Waals surface area contributed by atoms with Crippen molar-refractivity contribution in [3.8, 4) is 11.5 Å². The molecule has 0 radical (unpaired) electrons. The van der Waals surface area contributed by atoms with Crippen LogP contribution in [0.2, 0.25) is 5.02 Å². The second-order valence-electron chi connectivity index (χ2n) is 7.00. The number of nitrogens with zero attached hydrogens (tertiary/aromatic N) is 1. The van der Waals surface area contributed by atoms with Gasteiger partial charge in [-0.2, -0.15) is 0 Å². The molecule has 1 fully saturated rings. The van der Waals surface area contributed by atoms with Crippen LogP contribution in [0.5, 0.6) is 11.5 Å². The number of aromatic hydroxyl groups is 1. The summed E-state index contributed by atoms with van der Waals surface area (Å²) in [5.41, 5.74) is 1.84. The van der Waals surface area contributed by atoms with Gasteiger partial charge in [0.25, 0.3) is 5.91 Å². The Hall–Kier alpha value is -2.20. The Morgan fingerprint density at radius 1 is 1.22 bits per heavy atom. The molecule has 144 valence electrons. The summed E-state index contributed by atoms with van der Waals surface area (Å²) >= 11 is 6.06. The molecule has 0 spiro atoms. The van der Waals surface area contributed by atoms with Gasteiger partial charge in [-0.05, 0) is 56.2 Å². The Balaban J connectivity index is 1.57. The third-order valence-corrected chi connectivity index (χ3v) is 5.45. The molecule has 4 nitrogen and oxygen atoms in total. The van der Waals surface area contributed by atoms with Crippen molar-refractivity contribution in [3.05, 3.63) is 58.6 Å². The monoisotopic (exact) mass is 387 g/mol. The molecule has 2 aromatic rings. The molecule has 0 aliphatic carbocycles. The van der Waals surface area contributed by atoms with Crippen LogP contribution < -0.4 is 4.74 Å². The fourth-order valence-electron chi connectivity index (χ4n) is 3.59. The van der Waals surface area contributed by atoms with E-state index in [4.69, 9.17) is 16.3 Å². The Morgan fingerprint density at radius 3 is 2.59 bits per heavy atom. The molecular weight excluding hydrogens is 362 g/mol. The van der Waals surface area contributed by atoms with Crippen LogP contribution in [0.3, 0.4) is 0 Å². The zero-order chi connectivity index (χ0) is 19.2. The molecule has 2 aromatic carbocycles. The SMILES string of the molecule is CCOc1cc(C(=O)N2CCC(CCc3ccccc3)CC2)cc(Cl)c1O. The molecule has 1 saturated heterocycles. The Labute approximate surface area is 165 Å². The highest BCUT2D eigenvalue weighted by Gasteiger charge is 2.25. The lowest BCUT2D eigenvalue weighted by Gasteiger charge is -2.32. The van der Waals surface area contributed by atoms with Crippen LogP contribution >= 0.6 is 11.6 Å². The maximum Gasteiger partial charge on any atom is 0.254 e. The van der Waals surface area contributed by atoms with Gasteiger partial charge in [-0.15, -0.1) is 0 Å². The van der Waals surface area contributed by atoms with Crippen molar-refractivity contribution < 1.29 is 14.6 Å². The highest BCUT2D eigenvalue weighted by atomic mass is 35.5. The van der Waals surface area contributed by atoms with Crippen molar-refractivity contribution in [2.24, 2.45) is 5.92 Å². The number of ether oxygens (including phenoxy) is 1. The van der Waals surface area contributed by atoms with Gasteiger partial charge in [0.05, 0.1) is 11.6 Å². The largest absolute Gasteiger partial charge is 0.503 e. The summed E-state index contributed by atoms with van der Waals surface area (Å²) in [5, 5.41) is 10.1. The number of likely N-dealkylation sites (tertiary alicyclic amines) is 1. The summed E-state index contributed by atoms with van der Waals surface area (Å²) in [6.45, 7) is 3.72. The number of piperidine rings is 1. The number of halogens is 1. The minimum absolute atomic E-state index is 0.0561. The summed E-state index contributed by atoms with van der Waals surface area (Å²) in [5.74, 6) is 0.733. The van der Waals surface area contributed by atoms with Gasteiger partial charge in [0.1, 0.15) is 0 Å². The number of phenolic OH excluding ortho intramolecular Hbond substituents is 1. The molecule has 0 atom stereocenters. The van der Waals surface area contributed by atoms with E-state index in [-0.39, 0.29) is 22.4 Å². The van der Waals surface area contributed by atoms with Crippen molar-refractivity contribution in [1.82, 2.24) is 4.90 Å². The fraction of sp³-hybridized carbons (Fsp3) is 0.409. The first-order valence-corrected chi connectivity index (χ1v) is 9.94. The second kappa shape index (κ2) is 9.14. The van der Waals surface area contributed by atoms with Gasteiger partial charge in [-0.1, -0.05) is 41.9 Å². The van der Waals surface area contributed by atoms with Crippen LogP contribution in [-0.2, 0) is 6.42 Å². The number of amides is 1. The fourth-order valence-corrected chi connectivity index (χ4v) is 3.80. The van der Waals surface area contributed by atoms with Crippen LogP contribution in [0.1, 0.15) is 42.1 Å². The lowest BCUT2D eigenvalue weighted by Crippen LogP contribution is -2.38. The van der Waals surface area contributed by atoms with E-state index in [1.165, 1.54) is 11.6 Å². The predicted octanol–water partition coefficient (Wildman–Crippen LogP) is 4.93. The Bertz CT molecular complexity index is 771. The maximum atomic E-state index is 12.8. The predicted molar refractivity (Wildman–Crippen MR) is 108 cm³/mol. The van der Waals surface area contributed by atoms with Gasteiger partial charge in [0, 0.05) is 18.7 Å². The number of hydrogen-bond acceptors (Lipinski definition) is 3. The molecule has 1 amide bonds. The van der Waals surface area contributed by atoms with Crippen LogP contribution in [0.4, 0.5) is 0 Å². The molecule has 0 unspecified atom stereocenters. The normalized spacial score (nSPS) is 15.0. The molecule has 1 aliphatic rings. The number of benzene rings is 2. The molecule has 0 saturated carbocycles. The van der Waals surface area contributed by atoms with Crippen molar-refractivity contribution in [2.75, 3.05) is 19.7 Å². The minimum atomic E-state index is -0.116. The second-order valence-corrected chi connectivity index (χ2v) is 7.40. The first-order chi connectivity index (χ1) is 13.1. The van der Waals surface area contributed by atoms with Crippen molar-refractivity contribution in [3.63, 3.8) is 0 Å². The topological polar surface area (TPSA) is 49.8 Å². The van der Waals surface area contributed by atoms with Gasteiger partial charge in [0.2, 0.25) is 0 Å². The van der Waals surface area contributed by atoms with E-state index in [0.29, 0.717) is 18.1 Å². The van der Waals surface area contributed by atoms with E-state index in [1.807, 2.05) is 17.9 Å². The van der Waals surface area contributed by atoms with Crippen LogP contribution in [-0.4, -0.2) is 35.6 Å². The molecule has 3 rings (SSSR count). The number of carbonyl (C=O) groups is 1. The molecule has 5 heteroatoms. The van der Waals surface area contributed by atoms with Crippen LogP contribution in [0.15, 0.2) is 42.5 Å². The van der Waals surface area contributed by atoms with E-state index in [0.717, 1.165) is 38.8 Å². The van der Waals surface area contributed by atoms with Crippen LogP contribution in [0, 0.1) is 5.92 Å². The van der Waals surface area contributed by atoms with E-state index in [1.54, 1.807) is 6.07 Å². The van der Waals surface area contributed by atoms with Gasteiger partial charge >= 0.3 is 0 Å². The number of carbonyl (C=O) groups excluding carboxylic acids is 1. The number of aryl methyl sites for hydroxylation is 1. The molecule has 0 bridgehead atoms. The molecular formula is C22H26ClNO3. The zero-order valence-electron chi connectivity index (χ0n) is 15.7. The molecule has 1 N–H and O–H groups in total. The lowest BCUT2D eigenvalue weighted by molar-refractivity contribution is 0.0686. The van der Waals surface area contributed by atoms with E-state index in [2.05, 4.69) is 24.3 Å². The van der Waals surface area contributed by atoms with E-state index in [9.17, 15) is 9.90 Å². The lowest BCUT2D eigenvalue weighted by atomic mass is 9.90. The van der Waals surface area contributed by atoms with Gasteiger partial charge < -0.3 is 14.7 Å². The summed E-state index contributed by atoms with van der Waals surface area (Å²) in [6, 6.07) is 13.6. The number of hydrogen-bond donors (Lipinski definition) is 1. The van der Waals surface area contributed by atoms with Gasteiger partial charge in [-0.3, -0.25) is 4.79 Å². The van der Waals surface area contributed by atoms with Gasteiger partial charge in [0.15, 0.2) is 11.5 Å². The maximum absolute atomic E-state index is 12.8. The number of rotatable bonds is 6. The first-order valence-electron chi connectivity index (χ1n) is 9.57. The summed E-state index contributed by atoms with van der Waals surface area (Å²) < 4.78 is 5.38. The molecule has 27 heavy (non-hydrogen) atoms. The van der Waals surface area contributed by atoms with Crippen molar-refractivity contribution in [1.29, 1.82) is 0 Å². The summed E-state index contributed by atoms with van der Waals surface area (Å²) in [6.07, 6.45) is 4.28. The average Bonchev–Trinajstić information content (AvgIpc) is 2.70. The standard InChI is InChI=1S/C22H26ClNO3/c1-2-27-20-15-18(14-19(23)21(20)25)22(26)24-12-10-17(11-13-24)9-8-16-6-4-3-5-7-16/h3-7,14-15,17,25H,2,8-13H2,1H3. The highest BCUT2D eigenvalue weighted by Crippen LogP contribution is 2.36. The number of phenols is 1. The van der Waals surface area contributed by atoms with Crippen molar-refractivity contribution in [2.45, 2.75) is 32.6 Å². The minimum Gasteiger partial charge on any atom is -0.503 e. The van der Waals surface area contributed by atoms with E-state index < -0.39 is 0 Å². The van der Waals surface area contributed by atoms with E-state index >= 15 is 0 Å².